The third-order valence-electron chi connectivity index (χ3n) is 10.5. The fourth-order valence-electron chi connectivity index (χ4n) is 8.03. The van der Waals surface area contributed by atoms with E-state index in [1.165, 1.54) is 53.4 Å². The summed E-state index contributed by atoms with van der Waals surface area (Å²) >= 11 is 1.86. The van der Waals surface area contributed by atoms with Gasteiger partial charge in [0.15, 0.2) is 0 Å². The molecule has 0 radical (unpaired) electrons. The van der Waals surface area contributed by atoms with Crippen molar-refractivity contribution in [3.63, 3.8) is 0 Å². The number of fused-ring (bicyclic) bond motifs is 9. The van der Waals surface area contributed by atoms with Gasteiger partial charge in [0.05, 0.1) is 11.2 Å². The van der Waals surface area contributed by atoms with Crippen LogP contribution in [0.3, 0.4) is 0 Å². The summed E-state index contributed by atoms with van der Waals surface area (Å²) in [5.74, 6) is 0. The second-order valence-corrected chi connectivity index (χ2v) is 14.5. The molecule has 0 atom stereocenters. The lowest BCUT2D eigenvalue weighted by Gasteiger charge is -2.16. The van der Waals surface area contributed by atoms with Gasteiger partial charge < -0.3 is 4.42 Å². The van der Waals surface area contributed by atoms with Gasteiger partial charge in [0.25, 0.3) is 0 Å². The number of thiophene rings is 1. The fourth-order valence-corrected chi connectivity index (χ4v) is 9.12. The highest BCUT2D eigenvalue weighted by molar-refractivity contribution is 7.25. The molecule has 3 aromatic heterocycles. The van der Waals surface area contributed by atoms with E-state index in [1.54, 1.807) is 0 Å². The number of pyridine rings is 1. The summed E-state index contributed by atoms with van der Waals surface area (Å²) in [4.78, 5) is 5.24. The predicted octanol–water partition coefficient (Wildman–Crippen LogP) is 14.3. The van der Waals surface area contributed by atoms with Crippen LogP contribution in [0.15, 0.2) is 180 Å². The van der Waals surface area contributed by atoms with Crippen LogP contribution in [0.5, 0.6) is 0 Å². The minimum atomic E-state index is 0.866. The molecule has 8 aromatic carbocycles. The van der Waals surface area contributed by atoms with E-state index in [1.807, 2.05) is 17.4 Å². The van der Waals surface area contributed by atoms with E-state index in [-0.39, 0.29) is 0 Å². The summed E-state index contributed by atoms with van der Waals surface area (Å²) in [6.45, 7) is 0. The zero-order valence-electron chi connectivity index (χ0n) is 28.0. The maximum atomic E-state index is 6.59. The Kier molecular flexibility index (Phi) is 6.46. The highest BCUT2D eigenvalue weighted by Crippen LogP contribution is 2.46. The zero-order valence-corrected chi connectivity index (χ0v) is 28.8. The van der Waals surface area contributed by atoms with Crippen LogP contribution in [0.2, 0.25) is 0 Å². The van der Waals surface area contributed by atoms with Crippen molar-refractivity contribution in [1.82, 2.24) is 4.98 Å². The molecule has 0 spiro atoms. The Morgan fingerprint density at radius 2 is 1.00 bits per heavy atom. The van der Waals surface area contributed by atoms with Crippen molar-refractivity contribution in [2.45, 2.75) is 0 Å². The lowest BCUT2D eigenvalue weighted by Crippen LogP contribution is -1.93. The molecule has 3 heterocycles. The quantitative estimate of drug-likeness (QED) is 0.173. The van der Waals surface area contributed by atoms with Crippen molar-refractivity contribution in [3.05, 3.63) is 176 Å². The third kappa shape index (κ3) is 4.53. The second-order valence-electron chi connectivity index (χ2n) is 13.5. The van der Waals surface area contributed by atoms with Gasteiger partial charge in [0.1, 0.15) is 11.2 Å². The monoisotopic (exact) mass is 679 g/mol. The molecule has 0 saturated carbocycles. The fraction of sp³-hybridized carbons (Fsp3) is 0. The van der Waals surface area contributed by atoms with E-state index in [2.05, 4.69) is 170 Å². The molecular weight excluding hydrogens is 651 g/mol. The topological polar surface area (TPSA) is 26.0 Å². The minimum absolute atomic E-state index is 0.866. The number of rotatable bonds is 4. The molecule has 0 saturated heterocycles. The number of hydrogen-bond donors (Lipinski definition) is 0. The van der Waals surface area contributed by atoms with Gasteiger partial charge in [-0.15, -0.1) is 11.3 Å². The normalized spacial score (nSPS) is 11.8. The molecule has 11 rings (SSSR count). The summed E-state index contributed by atoms with van der Waals surface area (Å²) in [7, 11) is 0. The molecule has 0 N–H and O–H groups in total. The van der Waals surface area contributed by atoms with Crippen LogP contribution < -0.4 is 0 Å². The summed E-state index contributed by atoms with van der Waals surface area (Å²) in [5, 5.41) is 8.29. The van der Waals surface area contributed by atoms with Gasteiger partial charge >= 0.3 is 0 Å². The number of nitrogens with zero attached hydrogens (tertiary/aromatic N) is 1. The highest BCUT2D eigenvalue weighted by atomic mass is 32.1. The van der Waals surface area contributed by atoms with Gasteiger partial charge in [0.2, 0.25) is 0 Å². The van der Waals surface area contributed by atoms with E-state index in [9.17, 15) is 0 Å². The molecule has 3 heteroatoms. The van der Waals surface area contributed by atoms with Gasteiger partial charge in [-0.1, -0.05) is 133 Å². The van der Waals surface area contributed by atoms with Gasteiger partial charge in [-0.3, -0.25) is 0 Å². The molecule has 0 fully saturated rings. The van der Waals surface area contributed by atoms with Crippen LogP contribution >= 0.6 is 11.3 Å². The Balaban J connectivity index is 1.11. The Labute approximate surface area is 303 Å². The molecule has 0 bridgehead atoms. The molecule has 11 aromatic rings. The molecule has 0 unspecified atom stereocenters. The Bertz CT molecular complexity index is 3170. The summed E-state index contributed by atoms with van der Waals surface area (Å²) < 4.78 is 9.24. The van der Waals surface area contributed by atoms with E-state index < -0.39 is 0 Å². The van der Waals surface area contributed by atoms with Crippen molar-refractivity contribution in [2.24, 2.45) is 0 Å². The second kappa shape index (κ2) is 11.5. The minimum Gasteiger partial charge on any atom is -0.456 e. The maximum Gasteiger partial charge on any atom is 0.136 e. The number of aromatic nitrogens is 1. The van der Waals surface area contributed by atoms with Gasteiger partial charge in [-0.05, 0) is 70.3 Å². The zero-order chi connectivity index (χ0) is 34.2. The van der Waals surface area contributed by atoms with Crippen molar-refractivity contribution < 1.29 is 4.42 Å². The van der Waals surface area contributed by atoms with E-state index >= 15 is 0 Å². The molecule has 0 aliphatic rings. The largest absolute Gasteiger partial charge is 0.456 e. The third-order valence-corrected chi connectivity index (χ3v) is 11.6. The van der Waals surface area contributed by atoms with Crippen LogP contribution in [-0.4, -0.2) is 4.98 Å². The lowest BCUT2D eigenvalue weighted by molar-refractivity contribution is 0.669. The van der Waals surface area contributed by atoms with Gasteiger partial charge in [-0.25, -0.2) is 4.98 Å². The molecule has 52 heavy (non-hydrogen) atoms. The van der Waals surface area contributed by atoms with Crippen LogP contribution in [0.1, 0.15) is 0 Å². The lowest BCUT2D eigenvalue weighted by atomic mass is 9.89. The van der Waals surface area contributed by atoms with Gasteiger partial charge in [0, 0.05) is 58.2 Å². The summed E-state index contributed by atoms with van der Waals surface area (Å²) in [5.41, 5.74) is 11.9. The van der Waals surface area contributed by atoms with Crippen molar-refractivity contribution in [1.29, 1.82) is 0 Å². The number of para-hydroxylation sites is 2. The first kappa shape index (κ1) is 29.2. The SMILES string of the molecule is c1ccc(-c2nc3ccccc3c3c(-c4ccc(-c5cccc(-c6ccc7sc8ccccc8c7c6)c5)cc4)c4c(cc23)oc2ccccc24)cc1. The molecule has 0 aliphatic carbocycles. The summed E-state index contributed by atoms with van der Waals surface area (Å²) in [6, 6.07) is 63.1. The Morgan fingerprint density at radius 1 is 0.365 bits per heavy atom. The van der Waals surface area contributed by atoms with E-state index in [4.69, 9.17) is 9.40 Å². The molecule has 242 valence electrons. The van der Waals surface area contributed by atoms with Crippen molar-refractivity contribution in [3.8, 4) is 44.6 Å². The van der Waals surface area contributed by atoms with Crippen molar-refractivity contribution >= 4 is 75.1 Å². The molecule has 0 amide bonds. The molecule has 0 aliphatic heterocycles. The molecule has 2 nitrogen and oxygen atoms in total. The van der Waals surface area contributed by atoms with Gasteiger partial charge in [-0.2, -0.15) is 0 Å². The van der Waals surface area contributed by atoms with Crippen LogP contribution in [0.25, 0.3) is 108 Å². The smallest absolute Gasteiger partial charge is 0.136 e. The number of hydrogen-bond acceptors (Lipinski definition) is 3. The first-order valence-corrected chi connectivity index (χ1v) is 18.4. The summed E-state index contributed by atoms with van der Waals surface area (Å²) in [6.07, 6.45) is 0. The van der Waals surface area contributed by atoms with Crippen LogP contribution in [-0.2, 0) is 0 Å². The Morgan fingerprint density at radius 3 is 1.87 bits per heavy atom. The first-order chi connectivity index (χ1) is 25.8. The highest BCUT2D eigenvalue weighted by Gasteiger charge is 2.21. The van der Waals surface area contributed by atoms with E-state index in [0.29, 0.717) is 0 Å². The average molecular weight is 680 g/mol. The van der Waals surface area contributed by atoms with Crippen molar-refractivity contribution in [2.75, 3.05) is 0 Å². The molecular formula is C49H29NOS. The number of benzene rings is 8. The predicted molar refractivity (Wildman–Crippen MR) is 221 cm³/mol. The average Bonchev–Trinajstić information content (AvgIpc) is 3.78. The van der Waals surface area contributed by atoms with E-state index in [0.717, 1.165) is 55.0 Å². The Hall–Kier alpha value is -6.55. The standard InChI is InChI=1S/C49H29NOS/c1-2-11-32(12-3-1)49-40-29-43-48(38-17-5-8-19-42(38)51-43)46(47(40)37-16-4-7-18-41(37)50-49)31-23-21-30(22-24-31)33-13-10-14-34(27-33)35-25-26-45-39(28-35)36-15-6-9-20-44(36)52-45/h1-29H. The maximum absolute atomic E-state index is 6.59. The number of furan rings is 1. The first-order valence-electron chi connectivity index (χ1n) is 17.6. The van der Waals surface area contributed by atoms with Crippen LogP contribution in [0.4, 0.5) is 0 Å². The van der Waals surface area contributed by atoms with Crippen LogP contribution in [0, 0.1) is 0 Å².